The Kier molecular flexibility index (Phi) is 3.45. The minimum atomic E-state index is -0.221. The van der Waals surface area contributed by atoms with Gasteiger partial charge in [-0.15, -0.1) is 0 Å². The van der Waals surface area contributed by atoms with Gasteiger partial charge >= 0.3 is 0 Å². The van der Waals surface area contributed by atoms with Gasteiger partial charge in [-0.2, -0.15) is 0 Å². The normalized spacial score (nSPS) is 9.86. The lowest BCUT2D eigenvalue weighted by Gasteiger charge is -2.01. The van der Waals surface area contributed by atoms with Gasteiger partial charge in [0.2, 0.25) is 5.91 Å². The molecular formula is C10H14N2O2. The lowest BCUT2D eigenvalue weighted by molar-refractivity contribution is -0.127. The van der Waals surface area contributed by atoms with Crippen molar-refractivity contribution < 1.29 is 9.59 Å². The Balaban J connectivity index is 2.34. The van der Waals surface area contributed by atoms with Crippen molar-refractivity contribution >= 4 is 11.7 Å². The van der Waals surface area contributed by atoms with E-state index in [1.54, 1.807) is 0 Å². The molecule has 1 aromatic rings. The third kappa shape index (κ3) is 3.43. The summed E-state index contributed by atoms with van der Waals surface area (Å²) in [6, 6.07) is 1.92. The van der Waals surface area contributed by atoms with Gasteiger partial charge in [-0.05, 0) is 18.6 Å². The number of Topliss-reactive ketones (excluding diaryl/α,β-unsaturated/α-hetero) is 1. The quantitative estimate of drug-likeness (QED) is 0.714. The summed E-state index contributed by atoms with van der Waals surface area (Å²) < 4.78 is 1.91. The fourth-order valence-electron chi connectivity index (χ4n) is 1.15. The fraction of sp³-hybridized carbons (Fsp3) is 0.400. The van der Waals surface area contributed by atoms with Crippen LogP contribution in [0.1, 0.15) is 18.9 Å². The number of rotatable bonds is 4. The lowest BCUT2D eigenvalue weighted by Crippen LogP contribution is -2.24. The van der Waals surface area contributed by atoms with Crippen LogP contribution in [-0.2, 0) is 23.2 Å². The Labute approximate surface area is 82.9 Å². The molecule has 0 aromatic carbocycles. The molecular weight excluding hydrogens is 180 g/mol. The maximum atomic E-state index is 11.1. The summed E-state index contributed by atoms with van der Waals surface area (Å²) in [6.45, 7) is 1.88. The second kappa shape index (κ2) is 4.60. The summed E-state index contributed by atoms with van der Waals surface area (Å²) in [5.74, 6) is -0.336. The first-order valence-corrected chi connectivity index (χ1v) is 4.45. The highest BCUT2D eigenvalue weighted by Crippen LogP contribution is 1.98. The Hall–Kier alpha value is -1.58. The molecule has 1 N–H and O–H groups in total. The van der Waals surface area contributed by atoms with Gasteiger partial charge in [-0.3, -0.25) is 9.59 Å². The third-order valence-corrected chi connectivity index (χ3v) is 1.79. The van der Waals surface area contributed by atoms with Crippen LogP contribution in [0.2, 0.25) is 0 Å². The van der Waals surface area contributed by atoms with Gasteiger partial charge in [0.15, 0.2) is 0 Å². The molecule has 0 unspecified atom stereocenters. The van der Waals surface area contributed by atoms with E-state index in [0.29, 0.717) is 6.54 Å². The van der Waals surface area contributed by atoms with E-state index in [0.717, 1.165) is 5.56 Å². The molecule has 0 radical (unpaired) electrons. The number of carbonyl (C=O) groups excluding carboxylic acids is 2. The van der Waals surface area contributed by atoms with Crippen LogP contribution in [-0.4, -0.2) is 16.3 Å². The summed E-state index contributed by atoms with van der Waals surface area (Å²) in [6.07, 6.45) is 3.80. The predicted octanol–water partition coefficient (Wildman–Crippen LogP) is 0.620. The Morgan fingerprint density at radius 1 is 1.50 bits per heavy atom. The molecule has 4 heteroatoms. The molecule has 1 heterocycles. The number of hydrogen-bond acceptors (Lipinski definition) is 2. The molecule has 0 saturated carbocycles. The number of aryl methyl sites for hydroxylation is 1. The van der Waals surface area contributed by atoms with E-state index in [4.69, 9.17) is 0 Å². The van der Waals surface area contributed by atoms with Crippen molar-refractivity contribution in [1.82, 2.24) is 9.88 Å². The van der Waals surface area contributed by atoms with Crippen LogP contribution in [0.25, 0.3) is 0 Å². The van der Waals surface area contributed by atoms with Gasteiger partial charge in [-0.25, -0.2) is 0 Å². The number of aromatic nitrogens is 1. The molecule has 76 valence electrons. The zero-order valence-electron chi connectivity index (χ0n) is 8.41. The van der Waals surface area contributed by atoms with Crippen LogP contribution >= 0.6 is 0 Å². The summed E-state index contributed by atoms with van der Waals surface area (Å²) in [4.78, 5) is 21.7. The topological polar surface area (TPSA) is 51.1 Å². The number of ketones is 1. The number of nitrogens with one attached hydrogen (secondary N) is 1. The van der Waals surface area contributed by atoms with E-state index in [9.17, 15) is 9.59 Å². The summed E-state index contributed by atoms with van der Waals surface area (Å²) in [5, 5.41) is 2.67. The van der Waals surface area contributed by atoms with Crippen LogP contribution < -0.4 is 5.32 Å². The van der Waals surface area contributed by atoms with Crippen molar-refractivity contribution in [2.75, 3.05) is 0 Å². The zero-order valence-corrected chi connectivity index (χ0v) is 8.41. The molecule has 4 nitrogen and oxygen atoms in total. The van der Waals surface area contributed by atoms with E-state index in [-0.39, 0.29) is 18.1 Å². The predicted molar refractivity (Wildman–Crippen MR) is 52.6 cm³/mol. The van der Waals surface area contributed by atoms with E-state index in [1.165, 1.54) is 6.92 Å². The van der Waals surface area contributed by atoms with Crippen LogP contribution in [0.15, 0.2) is 18.5 Å². The van der Waals surface area contributed by atoms with E-state index >= 15 is 0 Å². The Morgan fingerprint density at radius 3 is 2.71 bits per heavy atom. The van der Waals surface area contributed by atoms with E-state index in [1.807, 2.05) is 30.1 Å². The van der Waals surface area contributed by atoms with Gasteiger partial charge in [0.05, 0.1) is 6.42 Å². The average Bonchev–Trinajstić information content (AvgIpc) is 2.47. The second-order valence-electron chi connectivity index (χ2n) is 3.34. The molecule has 0 spiro atoms. The minimum Gasteiger partial charge on any atom is -0.357 e. The van der Waals surface area contributed by atoms with Crippen LogP contribution in [0.3, 0.4) is 0 Å². The van der Waals surface area contributed by atoms with Crippen molar-refractivity contribution in [1.29, 1.82) is 0 Å². The molecule has 0 atom stereocenters. The van der Waals surface area contributed by atoms with Gasteiger partial charge in [0.25, 0.3) is 0 Å². The molecule has 14 heavy (non-hydrogen) atoms. The second-order valence-corrected chi connectivity index (χ2v) is 3.34. The highest BCUT2D eigenvalue weighted by atomic mass is 16.2. The lowest BCUT2D eigenvalue weighted by atomic mass is 10.3. The summed E-state index contributed by atoms with van der Waals surface area (Å²) in [7, 11) is 1.92. The average molecular weight is 194 g/mol. The van der Waals surface area contributed by atoms with Crippen molar-refractivity contribution in [3.63, 3.8) is 0 Å². The largest absolute Gasteiger partial charge is 0.357 e. The first kappa shape index (κ1) is 10.5. The van der Waals surface area contributed by atoms with Gasteiger partial charge in [-0.1, -0.05) is 0 Å². The Morgan fingerprint density at radius 2 is 2.21 bits per heavy atom. The number of carbonyl (C=O) groups is 2. The Bertz CT molecular complexity index is 342. The number of amides is 1. The molecule has 1 amide bonds. The van der Waals surface area contributed by atoms with Crippen LogP contribution in [0, 0.1) is 0 Å². The van der Waals surface area contributed by atoms with Crippen molar-refractivity contribution in [3.05, 3.63) is 24.0 Å². The highest BCUT2D eigenvalue weighted by Gasteiger charge is 2.04. The standard InChI is InChI=1S/C10H14N2O2/c1-8(13)5-10(14)11-6-9-3-4-12(2)7-9/h3-4,7H,5-6H2,1-2H3,(H,11,14). The monoisotopic (exact) mass is 194 g/mol. The number of nitrogens with zero attached hydrogens (tertiary/aromatic N) is 1. The van der Waals surface area contributed by atoms with Crippen LogP contribution in [0.4, 0.5) is 0 Å². The smallest absolute Gasteiger partial charge is 0.227 e. The molecule has 1 aromatic heterocycles. The summed E-state index contributed by atoms with van der Waals surface area (Å²) >= 11 is 0. The van der Waals surface area contributed by atoms with Gasteiger partial charge < -0.3 is 9.88 Å². The molecule has 1 rings (SSSR count). The molecule has 0 aliphatic carbocycles. The third-order valence-electron chi connectivity index (χ3n) is 1.79. The maximum Gasteiger partial charge on any atom is 0.227 e. The van der Waals surface area contributed by atoms with Crippen molar-refractivity contribution in [3.8, 4) is 0 Å². The van der Waals surface area contributed by atoms with E-state index < -0.39 is 0 Å². The molecule has 0 saturated heterocycles. The fourth-order valence-corrected chi connectivity index (χ4v) is 1.15. The maximum absolute atomic E-state index is 11.1. The molecule has 0 bridgehead atoms. The molecule has 0 aliphatic heterocycles. The SMILES string of the molecule is CC(=O)CC(=O)NCc1ccn(C)c1. The number of hydrogen-bond donors (Lipinski definition) is 1. The first-order chi connectivity index (χ1) is 6.58. The van der Waals surface area contributed by atoms with Crippen molar-refractivity contribution in [2.45, 2.75) is 19.9 Å². The van der Waals surface area contributed by atoms with Gasteiger partial charge in [0.1, 0.15) is 5.78 Å². The molecule has 0 aliphatic rings. The van der Waals surface area contributed by atoms with E-state index in [2.05, 4.69) is 5.32 Å². The highest BCUT2D eigenvalue weighted by molar-refractivity contribution is 5.96. The van der Waals surface area contributed by atoms with Crippen LogP contribution in [0.5, 0.6) is 0 Å². The minimum absolute atomic E-state index is 0.0349. The van der Waals surface area contributed by atoms with Crippen molar-refractivity contribution in [2.24, 2.45) is 7.05 Å². The first-order valence-electron chi connectivity index (χ1n) is 4.45. The van der Waals surface area contributed by atoms with Gasteiger partial charge in [0, 0.05) is 26.0 Å². The summed E-state index contributed by atoms with van der Waals surface area (Å²) in [5.41, 5.74) is 1.03. The zero-order chi connectivity index (χ0) is 10.6. The molecule has 0 fully saturated rings.